The standard InChI is InChI=1S/C28H25N3O3S2/c1-3-31(27(20-10-6-4-7-11-20)21-12-8-5-9-13-21)36(33,34)22-14-15-25-23(18-22)24(28(32)30(25)2)19-26-29-16-17-35-26/h4-19,27H,3H2,1-2H3/b24-19+. The summed E-state index contributed by atoms with van der Waals surface area (Å²) in [6.07, 6.45) is 3.40. The number of carbonyl (C=O) groups is 1. The van der Waals surface area contributed by atoms with Crippen LogP contribution in [-0.2, 0) is 14.8 Å². The van der Waals surface area contributed by atoms with Crippen molar-refractivity contribution in [3.05, 3.63) is 112 Å². The number of carbonyl (C=O) groups excluding carboxylic acids is 1. The lowest BCUT2D eigenvalue weighted by atomic mass is 9.99. The van der Waals surface area contributed by atoms with Crippen molar-refractivity contribution in [1.82, 2.24) is 9.29 Å². The van der Waals surface area contributed by atoms with Crippen LogP contribution in [-0.4, -0.2) is 37.2 Å². The molecule has 1 aliphatic heterocycles. The number of thiazole rings is 1. The average Bonchev–Trinajstić information content (AvgIpc) is 3.50. The monoisotopic (exact) mass is 515 g/mol. The Morgan fingerprint density at radius 2 is 1.64 bits per heavy atom. The number of hydrogen-bond acceptors (Lipinski definition) is 5. The minimum Gasteiger partial charge on any atom is -0.311 e. The van der Waals surface area contributed by atoms with Gasteiger partial charge in [0.15, 0.2) is 0 Å². The maximum Gasteiger partial charge on any atom is 0.258 e. The summed E-state index contributed by atoms with van der Waals surface area (Å²) in [7, 11) is -2.23. The van der Waals surface area contributed by atoms with Crippen LogP contribution in [0, 0.1) is 0 Å². The van der Waals surface area contributed by atoms with E-state index in [1.165, 1.54) is 15.6 Å². The molecule has 6 nitrogen and oxygen atoms in total. The Bertz CT molecular complexity index is 1480. The van der Waals surface area contributed by atoms with E-state index in [0.717, 1.165) is 11.1 Å². The molecular formula is C28H25N3O3S2. The Kier molecular flexibility index (Phi) is 6.57. The molecular weight excluding hydrogens is 490 g/mol. The quantitative estimate of drug-likeness (QED) is 0.307. The van der Waals surface area contributed by atoms with Gasteiger partial charge in [-0.2, -0.15) is 4.31 Å². The zero-order valence-electron chi connectivity index (χ0n) is 19.9. The third-order valence-corrected chi connectivity index (χ3v) is 8.97. The zero-order valence-corrected chi connectivity index (χ0v) is 21.5. The van der Waals surface area contributed by atoms with E-state index in [1.54, 1.807) is 42.4 Å². The van der Waals surface area contributed by atoms with Crippen molar-refractivity contribution < 1.29 is 13.2 Å². The molecule has 0 radical (unpaired) electrons. The summed E-state index contributed by atoms with van der Waals surface area (Å²) in [4.78, 5) is 18.9. The van der Waals surface area contributed by atoms with E-state index >= 15 is 0 Å². The number of amides is 1. The van der Waals surface area contributed by atoms with Gasteiger partial charge in [0, 0.05) is 30.7 Å². The highest BCUT2D eigenvalue weighted by molar-refractivity contribution is 7.89. The topological polar surface area (TPSA) is 70.6 Å². The molecule has 36 heavy (non-hydrogen) atoms. The van der Waals surface area contributed by atoms with Gasteiger partial charge < -0.3 is 4.90 Å². The molecule has 1 aromatic heterocycles. The van der Waals surface area contributed by atoms with Crippen LogP contribution in [0.25, 0.3) is 11.6 Å². The van der Waals surface area contributed by atoms with Crippen molar-refractivity contribution in [3.63, 3.8) is 0 Å². The van der Waals surface area contributed by atoms with Crippen LogP contribution >= 0.6 is 11.3 Å². The van der Waals surface area contributed by atoms with Gasteiger partial charge in [0.25, 0.3) is 5.91 Å². The van der Waals surface area contributed by atoms with Crippen LogP contribution in [0.5, 0.6) is 0 Å². The lowest BCUT2D eigenvalue weighted by Gasteiger charge is -2.31. The molecule has 0 fully saturated rings. The minimum absolute atomic E-state index is 0.146. The lowest BCUT2D eigenvalue weighted by Crippen LogP contribution is -2.35. The van der Waals surface area contributed by atoms with Crippen molar-refractivity contribution >= 4 is 44.6 Å². The fraction of sp³-hybridized carbons (Fsp3) is 0.143. The summed E-state index contributed by atoms with van der Waals surface area (Å²) in [5.41, 5.74) is 3.47. The summed E-state index contributed by atoms with van der Waals surface area (Å²) in [5, 5.41) is 2.53. The van der Waals surface area contributed by atoms with Crippen molar-refractivity contribution in [2.24, 2.45) is 0 Å². The first-order valence-electron chi connectivity index (χ1n) is 11.6. The van der Waals surface area contributed by atoms with Gasteiger partial charge in [-0.05, 0) is 35.4 Å². The van der Waals surface area contributed by atoms with Gasteiger partial charge in [-0.1, -0.05) is 67.6 Å². The zero-order chi connectivity index (χ0) is 25.3. The van der Waals surface area contributed by atoms with Gasteiger partial charge in [-0.15, -0.1) is 11.3 Å². The predicted molar refractivity (Wildman–Crippen MR) is 144 cm³/mol. The molecule has 1 aliphatic rings. The Morgan fingerprint density at radius 1 is 1.00 bits per heavy atom. The molecule has 1 amide bonds. The van der Waals surface area contributed by atoms with Crippen molar-refractivity contribution in [2.75, 3.05) is 18.5 Å². The molecule has 0 unspecified atom stereocenters. The Morgan fingerprint density at radius 3 is 2.19 bits per heavy atom. The molecule has 0 saturated carbocycles. The highest BCUT2D eigenvalue weighted by Crippen LogP contribution is 2.40. The molecule has 0 atom stereocenters. The molecule has 3 aromatic carbocycles. The van der Waals surface area contributed by atoms with E-state index in [4.69, 9.17) is 0 Å². The number of likely N-dealkylation sites (N-methyl/N-ethyl adjacent to an activating group) is 1. The van der Waals surface area contributed by atoms with Gasteiger partial charge in [-0.25, -0.2) is 13.4 Å². The van der Waals surface area contributed by atoms with E-state index < -0.39 is 16.1 Å². The highest BCUT2D eigenvalue weighted by Gasteiger charge is 2.35. The van der Waals surface area contributed by atoms with E-state index in [9.17, 15) is 13.2 Å². The summed E-state index contributed by atoms with van der Waals surface area (Å²) in [6.45, 7) is 2.11. The van der Waals surface area contributed by atoms with Crippen LogP contribution in [0.3, 0.4) is 0 Å². The second kappa shape index (κ2) is 9.81. The van der Waals surface area contributed by atoms with Gasteiger partial charge in [0.05, 0.1) is 22.2 Å². The van der Waals surface area contributed by atoms with E-state index in [1.807, 2.05) is 73.0 Å². The fourth-order valence-electron chi connectivity index (χ4n) is 4.58. The Labute approximate surface area is 215 Å². The lowest BCUT2D eigenvalue weighted by molar-refractivity contribution is -0.112. The number of benzene rings is 3. The summed E-state index contributed by atoms with van der Waals surface area (Å²) in [6, 6.07) is 23.7. The Balaban J connectivity index is 1.62. The van der Waals surface area contributed by atoms with Gasteiger partial charge in [0.2, 0.25) is 10.0 Å². The molecule has 182 valence electrons. The third kappa shape index (κ3) is 4.28. The van der Waals surface area contributed by atoms with Crippen molar-refractivity contribution in [3.8, 4) is 0 Å². The van der Waals surface area contributed by atoms with E-state index in [-0.39, 0.29) is 17.3 Å². The summed E-state index contributed by atoms with van der Waals surface area (Å²) >= 11 is 1.42. The van der Waals surface area contributed by atoms with Crippen molar-refractivity contribution in [2.45, 2.75) is 17.9 Å². The van der Waals surface area contributed by atoms with Crippen LogP contribution in [0.1, 0.15) is 34.7 Å². The minimum atomic E-state index is -3.93. The fourth-order valence-corrected chi connectivity index (χ4v) is 6.79. The van der Waals surface area contributed by atoms with Crippen LogP contribution < -0.4 is 4.90 Å². The molecule has 8 heteroatoms. The van der Waals surface area contributed by atoms with Gasteiger partial charge >= 0.3 is 0 Å². The molecule has 0 aliphatic carbocycles. The molecule has 2 heterocycles. The summed E-state index contributed by atoms with van der Waals surface area (Å²) in [5.74, 6) is -0.187. The van der Waals surface area contributed by atoms with E-state index in [0.29, 0.717) is 21.8 Å². The molecule has 4 aromatic rings. The predicted octanol–water partition coefficient (Wildman–Crippen LogP) is 5.46. The first-order valence-corrected chi connectivity index (χ1v) is 13.9. The van der Waals surface area contributed by atoms with Crippen LogP contribution in [0.15, 0.2) is 95.3 Å². The second-order valence-electron chi connectivity index (χ2n) is 8.40. The first kappa shape index (κ1) is 24.1. The smallest absolute Gasteiger partial charge is 0.258 e. The van der Waals surface area contributed by atoms with E-state index in [2.05, 4.69) is 4.98 Å². The maximum absolute atomic E-state index is 14.1. The number of sulfonamides is 1. The number of anilines is 1. The van der Waals surface area contributed by atoms with Crippen molar-refractivity contribution in [1.29, 1.82) is 0 Å². The number of aromatic nitrogens is 1. The molecule has 0 bridgehead atoms. The third-order valence-electron chi connectivity index (χ3n) is 6.31. The molecule has 0 spiro atoms. The largest absolute Gasteiger partial charge is 0.311 e. The van der Waals surface area contributed by atoms with Gasteiger partial charge in [0.1, 0.15) is 5.01 Å². The number of nitrogens with zero attached hydrogens (tertiary/aromatic N) is 3. The molecule has 5 rings (SSSR count). The molecule has 0 N–H and O–H groups in total. The SMILES string of the molecule is CCN(C(c1ccccc1)c1ccccc1)S(=O)(=O)c1ccc2c(c1)/C(=C\c1nccs1)C(=O)N2C. The second-order valence-corrected chi connectivity index (χ2v) is 11.2. The van der Waals surface area contributed by atoms with Gasteiger partial charge in [-0.3, -0.25) is 4.79 Å². The maximum atomic E-state index is 14.1. The average molecular weight is 516 g/mol. The summed E-state index contributed by atoms with van der Waals surface area (Å²) < 4.78 is 29.8. The van der Waals surface area contributed by atoms with Crippen LogP contribution in [0.4, 0.5) is 5.69 Å². The van der Waals surface area contributed by atoms with Crippen LogP contribution in [0.2, 0.25) is 0 Å². The number of fused-ring (bicyclic) bond motifs is 1. The molecule has 0 saturated heterocycles. The first-order chi connectivity index (χ1) is 17.4. The number of rotatable bonds is 7. The Hall–Kier alpha value is -3.59. The normalized spacial score (nSPS) is 14.7. The highest BCUT2D eigenvalue weighted by atomic mass is 32.2. The number of hydrogen-bond donors (Lipinski definition) is 0.